The molecule has 2 aromatic rings. The predicted octanol–water partition coefficient (Wildman–Crippen LogP) is 2.70. The molecule has 1 N–H and O–H groups in total. The maximum atomic E-state index is 12.5. The molecule has 0 unspecified atom stereocenters. The van der Waals surface area contributed by atoms with Gasteiger partial charge in [-0.3, -0.25) is 9.89 Å². The van der Waals surface area contributed by atoms with Crippen molar-refractivity contribution in [1.29, 1.82) is 0 Å². The minimum Gasteiger partial charge on any atom is -0.367 e. The first-order valence-corrected chi connectivity index (χ1v) is 9.16. The molecule has 24 heavy (non-hydrogen) atoms. The number of hydrogen-bond donors (Lipinski definition) is 1. The van der Waals surface area contributed by atoms with Crippen LogP contribution in [0, 0.1) is 0 Å². The lowest BCUT2D eigenvalue weighted by Gasteiger charge is -2.32. The largest absolute Gasteiger partial charge is 0.367 e. The van der Waals surface area contributed by atoms with Gasteiger partial charge >= 0.3 is 0 Å². The van der Waals surface area contributed by atoms with Crippen molar-refractivity contribution in [2.45, 2.75) is 45.1 Å². The van der Waals surface area contributed by atoms with Gasteiger partial charge in [0.15, 0.2) is 11.6 Å². The smallest absolute Gasteiger partial charge is 0.223 e. The van der Waals surface area contributed by atoms with Crippen LogP contribution in [0.25, 0.3) is 0 Å². The lowest BCUT2D eigenvalue weighted by atomic mass is 9.96. The standard InChI is InChI=1S/C17H24N4O2S/c1-17(2,3)16-18-15(19-20-16)13-11-21(8-9-23-13)14(22)7-6-12-5-4-10-24-12/h4-5,10,13H,6-9,11H2,1-3H3,(H,18,19,20)/t13-/m0/s1. The number of morpholine rings is 1. The summed E-state index contributed by atoms with van der Waals surface area (Å²) in [5, 5.41) is 9.30. The van der Waals surface area contributed by atoms with Crippen molar-refractivity contribution in [3.8, 4) is 0 Å². The van der Waals surface area contributed by atoms with Crippen molar-refractivity contribution >= 4 is 17.2 Å². The van der Waals surface area contributed by atoms with Crippen LogP contribution in [0.5, 0.6) is 0 Å². The molecule has 0 spiro atoms. The van der Waals surface area contributed by atoms with E-state index in [1.54, 1.807) is 11.3 Å². The Kier molecular flexibility index (Phi) is 5.01. The first kappa shape index (κ1) is 17.1. The lowest BCUT2D eigenvalue weighted by molar-refractivity contribution is -0.139. The summed E-state index contributed by atoms with van der Waals surface area (Å²) in [6.45, 7) is 7.91. The highest BCUT2D eigenvalue weighted by atomic mass is 32.1. The van der Waals surface area contributed by atoms with E-state index < -0.39 is 0 Å². The Morgan fingerprint density at radius 3 is 3.00 bits per heavy atom. The van der Waals surface area contributed by atoms with Crippen LogP contribution in [-0.4, -0.2) is 45.7 Å². The van der Waals surface area contributed by atoms with Crippen molar-refractivity contribution in [2.24, 2.45) is 0 Å². The number of hydrogen-bond acceptors (Lipinski definition) is 5. The molecule has 0 saturated carbocycles. The highest BCUT2D eigenvalue weighted by Gasteiger charge is 2.29. The monoisotopic (exact) mass is 348 g/mol. The van der Waals surface area contributed by atoms with Crippen LogP contribution in [0.2, 0.25) is 0 Å². The van der Waals surface area contributed by atoms with Gasteiger partial charge in [-0.25, -0.2) is 4.98 Å². The molecule has 1 aliphatic heterocycles. The normalized spacial score (nSPS) is 18.8. The Balaban J connectivity index is 1.59. The number of ether oxygens (including phenoxy) is 1. The van der Waals surface area contributed by atoms with Gasteiger partial charge in [0.05, 0.1) is 13.2 Å². The zero-order valence-corrected chi connectivity index (χ0v) is 15.2. The van der Waals surface area contributed by atoms with E-state index >= 15 is 0 Å². The average Bonchev–Trinajstić information content (AvgIpc) is 3.23. The topological polar surface area (TPSA) is 71.1 Å². The number of thiophene rings is 1. The van der Waals surface area contributed by atoms with Crippen LogP contribution in [0.15, 0.2) is 17.5 Å². The first-order valence-electron chi connectivity index (χ1n) is 8.28. The molecule has 1 atom stereocenters. The second kappa shape index (κ2) is 7.03. The van der Waals surface area contributed by atoms with Gasteiger partial charge in [-0.05, 0) is 17.9 Å². The van der Waals surface area contributed by atoms with Gasteiger partial charge in [0.1, 0.15) is 6.10 Å². The second-order valence-electron chi connectivity index (χ2n) is 7.07. The van der Waals surface area contributed by atoms with Crippen molar-refractivity contribution in [3.63, 3.8) is 0 Å². The van der Waals surface area contributed by atoms with Gasteiger partial charge in [-0.15, -0.1) is 11.3 Å². The third-order valence-electron chi connectivity index (χ3n) is 4.06. The minimum atomic E-state index is -0.229. The van der Waals surface area contributed by atoms with E-state index in [0.717, 1.165) is 12.2 Å². The van der Waals surface area contributed by atoms with Crippen molar-refractivity contribution in [2.75, 3.05) is 19.7 Å². The van der Waals surface area contributed by atoms with E-state index in [9.17, 15) is 4.79 Å². The summed E-state index contributed by atoms with van der Waals surface area (Å²) in [4.78, 5) is 20.1. The molecule has 1 aliphatic rings. The molecule has 0 aromatic carbocycles. The Labute approximate surface area is 146 Å². The van der Waals surface area contributed by atoms with E-state index in [1.165, 1.54) is 4.88 Å². The molecule has 7 heteroatoms. The molecular weight excluding hydrogens is 324 g/mol. The van der Waals surface area contributed by atoms with E-state index in [1.807, 2.05) is 16.3 Å². The van der Waals surface area contributed by atoms with Gasteiger partial charge in [0.25, 0.3) is 0 Å². The number of aromatic amines is 1. The van der Waals surface area contributed by atoms with E-state index in [2.05, 4.69) is 42.0 Å². The number of carbonyl (C=O) groups excluding carboxylic acids is 1. The molecule has 0 radical (unpaired) electrons. The van der Waals surface area contributed by atoms with Crippen molar-refractivity contribution < 1.29 is 9.53 Å². The lowest BCUT2D eigenvalue weighted by Crippen LogP contribution is -2.42. The van der Waals surface area contributed by atoms with E-state index in [-0.39, 0.29) is 17.4 Å². The van der Waals surface area contributed by atoms with Crippen LogP contribution >= 0.6 is 11.3 Å². The summed E-state index contributed by atoms with van der Waals surface area (Å²) >= 11 is 1.70. The average molecular weight is 348 g/mol. The fourth-order valence-corrected chi connectivity index (χ4v) is 3.35. The first-order chi connectivity index (χ1) is 11.4. The third kappa shape index (κ3) is 4.02. The molecule has 3 heterocycles. The van der Waals surface area contributed by atoms with Crippen LogP contribution in [0.1, 0.15) is 49.8 Å². The Morgan fingerprint density at radius 2 is 2.33 bits per heavy atom. The number of carbonyl (C=O) groups is 1. The highest BCUT2D eigenvalue weighted by Crippen LogP contribution is 2.23. The predicted molar refractivity (Wildman–Crippen MR) is 93.0 cm³/mol. The second-order valence-corrected chi connectivity index (χ2v) is 8.11. The number of aromatic nitrogens is 3. The quantitative estimate of drug-likeness (QED) is 0.922. The molecule has 1 amide bonds. The summed E-state index contributed by atoms with van der Waals surface area (Å²) in [5.41, 5.74) is -0.111. The minimum absolute atomic E-state index is 0.111. The van der Waals surface area contributed by atoms with E-state index in [4.69, 9.17) is 4.74 Å². The molecule has 0 bridgehead atoms. The number of aryl methyl sites for hydroxylation is 1. The maximum absolute atomic E-state index is 12.5. The Hall–Kier alpha value is -1.73. The summed E-state index contributed by atoms with van der Waals surface area (Å²) in [6, 6.07) is 4.09. The van der Waals surface area contributed by atoms with Crippen LogP contribution in [-0.2, 0) is 21.4 Å². The van der Waals surface area contributed by atoms with Gasteiger partial charge in [0, 0.05) is 23.3 Å². The van der Waals surface area contributed by atoms with Gasteiger partial charge in [0.2, 0.25) is 5.91 Å². The third-order valence-corrected chi connectivity index (χ3v) is 5.00. The maximum Gasteiger partial charge on any atom is 0.223 e. The molecule has 130 valence electrons. The zero-order chi connectivity index (χ0) is 17.2. The Morgan fingerprint density at radius 1 is 1.50 bits per heavy atom. The molecule has 1 saturated heterocycles. The number of nitrogens with zero attached hydrogens (tertiary/aromatic N) is 3. The molecule has 1 fully saturated rings. The molecule has 2 aromatic heterocycles. The van der Waals surface area contributed by atoms with Gasteiger partial charge in [-0.1, -0.05) is 26.8 Å². The fourth-order valence-electron chi connectivity index (χ4n) is 2.64. The Bertz CT molecular complexity index is 675. The molecule has 0 aliphatic carbocycles. The van der Waals surface area contributed by atoms with Gasteiger partial charge < -0.3 is 9.64 Å². The van der Waals surface area contributed by atoms with Gasteiger partial charge in [-0.2, -0.15) is 5.10 Å². The molecular formula is C17H24N4O2S. The van der Waals surface area contributed by atoms with Crippen LogP contribution in [0.4, 0.5) is 0 Å². The SMILES string of the molecule is CC(C)(C)c1n[nH]c([C@@H]2CN(C(=O)CCc3cccs3)CCO2)n1. The van der Waals surface area contributed by atoms with Crippen LogP contribution in [0.3, 0.4) is 0 Å². The number of amides is 1. The summed E-state index contributed by atoms with van der Waals surface area (Å²) < 4.78 is 5.80. The number of H-pyrrole nitrogens is 1. The molecule has 6 nitrogen and oxygen atoms in total. The summed E-state index contributed by atoms with van der Waals surface area (Å²) in [6.07, 6.45) is 1.11. The van der Waals surface area contributed by atoms with Crippen molar-refractivity contribution in [3.05, 3.63) is 34.0 Å². The van der Waals surface area contributed by atoms with Crippen molar-refractivity contribution in [1.82, 2.24) is 20.1 Å². The summed E-state index contributed by atoms with van der Waals surface area (Å²) in [5.74, 6) is 1.64. The summed E-state index contributed by atoms with van der Waals surface area (Å²) in [7, 11) is 0. The highest BCUT2D eigenvalue weighted by molar-refractivity contribution is 7.09. The van der Waals surface area contributed by atoms with Crippen LogP contribution < -0.4 is 0 Å². The zero-order valence-electron chi connectivity index (χ0n) is 14.4. The van der Waals surface area contributed by atoms with E-state index in [0.29, 0.717) is 31.9 Å². The fraction of sp³-hybridized carbons (Fsp3) is 0.588. The number of rotatable bonds is 4. The number of nitrogens with one attached hydrogen (secondary N) is 1. The molecule has 3 rings (SSSR count).